The van der Waals surface area contributed by atoms with Gasteiger partial charge in [-0.3, -0.25) is 0 Å². The fraction of sp³-hybridized carbons (Fsp3) is 1.00. The van der Waals surface area contributed by atoms with E-state index in [1.54, 1.807) is 26.2 Å². The summed E-state index contributed by atoms with van der Waals surface area (Å²) in [5.74, 6) is 1.09. The normalized spacial score (nSPS) is 12.8. The van der Waals surface area contributed by atoms with E-state index in [0.29, 0.717) is 0 Å². The Kier molecular flexibility index (Phi) is 21.8. The molecule has 0 aliphatic carbocycles. The zero-order chi connectivity index (χ0) is 18.6. The third-order valence-electron chi connectivity index (χ3n) is 5.89. The van der Waals surface area contributed by atoms with Crippen LogP contribution in [0, 0.1) is 5.92 Å². The average Bonchev–Trinajstić information content (AvgIpc) is 2.63. The van der Waals surface area contributed by atoms with Crippen LogP contribution in [0.15, 0.2) is 0 Å². The summed E-state index contributed by atoms with van der Waals surface area (Å²) >= 11 is -1.09. The molecule has 0 aromatic heterocycles. The Labute approximate surface area is 169 Å². The quantitative estimate of drug-likeness (QED) is 0.126. The molecule has 0 heterocycles. The molecule has 0 aromatic carbocycles. The number of hydrogen-bond donors (Lipinski definition) is 0. The molecule has 1 heteroatoms. The van der Waals surface area contributed by atoms with Crippen LogP contribution in [0.3, 0.4) is 0 Å². The second kappa shape index (κ2) is 21.1. The summed E-state index contributed by atoms with van der Waals surface area (Å²) in [6.45, 7) is 9.47. The van der Waals surface area contributed by atoms with Gasteiger partial charge in [0.15, 0.2) is 0 Å². The van der Waals surface area contributed by atoms with Gasteiger partial charge in [0.1, 0.15) is 0 Å². The van der Waals surface area contributed by atoms with Gasteiger partial charge >= 0.3 is 169 Å². The summed E-state index contributed by atoms with van der Waals surface area (Å²) in [6, 6.07) is 0. The maximum absolute atomic E-state index is 2.45. The predicted molar refractivity (Wildman–Crippen MR) is 120 cm³/mol. The predicted octanol–water partition coefficient (Wildman–Crippen LogP) is 9.42. The van der Waals surface area contributed by atoms with Gasteiger partial charge in [-0.15, -0.1) is 0 Å². The van der Waals surface area contributed by atoms with Crippen LogP contribution in [-0.4, -0.2) is 19.8 Å². The van der Waals surface area contributed by atoms with E-state index in [1.807, 2.05) is 0 Å². The van der Waals surface area contributed by atoms with Crippen LogP contribution in [0.25, 0.3) is 0 Å². The first-order chi connectivity index (χ1) is 12.3. The standard InChI is InChI=1S/3C8H17.Sn/c1-4-6-7-8(3)5-2;2*1-3-5-7-8-6-4-2;/h8H,3-7H2,1-2H3;2*1,3-8H2,2H3;. The number of rotatable bonds is 20. The van der Waals surface area contributed by atoms with E-state index in [2.05, 4.69) is 27.7 Å². The molecule has 0 spiro atoms. The minimum atomic E-state index is -1.09. The Balaban J connectivity index is 4.06. The van der Waals surface area contributed by atoms with Crippen molar-refractivity contribution < 1.29 is 0 Å². The van der Waals surface area contributed by atoms with Crippen molar-refractivity contribution in [1.82, 2.24) is 0 Å². The van der Waals surface area contributed by atoms with Crippen LogP contribution in [-0.2, 0) is 0 Å². The van der Waals surface area contributed by atoms with E-state index < -0.39 is 19.8 Å². The molecule has 0 saturated carbocycles. The first kappa shape index (κ1) is 25.8. The SMILES string of the molecule is CCCCCCC[CH2][Sn]([CH2]CCCCCCC)[CH2]C(CC)CCCC. The molecule has 25 heavy (non-hydrogen) atoms. The minimum absolute atomic E-state index is 1.09. The van der Waals surface area contributed by atoms with Crippen molar-refractivity contribution >= 4 is 19.8 Å². The molecule has 0 fully saturated rings. The molecule has 0 aliphatic rings. The van der Waals surface area contributed by atoms with Crippen LogP contribution in [0.2, 0.25) is 13.3 Å². The Hall–Kier alpha value is 0.799. The van der Waals surface area contributed by atoms with E-state index in [9.17, 15) is 0 Å². The number of unbranched alkanes of at least 4 members (excludes halogenated alkanes) is 11. The van der Waals surface area contributed by atoms with Crippen molar-refractivity contribution in [2.75, 3.05) is 0 Å². The van der Waals surface area contributed by atoms with Crippen LogP contribution in [0.4, 0.5) is 0 Å². The van der Waals surface area contributed by atoms with Crippen LogP contribution in [0.5, 0.6) is 0 Å². The van der Waals surface area contributed by atoms with Gasteiger partial charge in [-0.1, -0.05) is 0 Å². The van der Waals surface area contributed by atoms with E-state index >= 15 is 0 Å². The summed E-state index contributed by atoms with van der Waals surface area (Å²) in [5.41, 5.74) is 0. The van der Waals surface area contributed by atoms with Crippen LogP contribution in [0.1, 0.15) is 130 Å². The zero-order valence-corrected chi connectivity index (χ0v) is 21.4. The van der Waals surface area contributed by atoms with Crippen molar-refractivity contribution in [3.8, 4) is 0 Å². The molecule has 0 bridgehead atoms. The van der Waals surface area contributed by atoms with Gasteiger partial charge in [0.05, 0.1) is 0 Å². The molecule has 1 radical (unpaired) electrons. The molecular weight excluding hydrogens is 407 g/mol. The second-order valence-corrected chi connectivity index (χ2v) is 16.7. The summed E-state index contributed by atoms with van der Waals surface area (Å²) in [5, 5.41) is 0. The third kappa shape index (κ3) is 17.9. The van der Waals surface area contributed by atoms with Crippen LogP contribution >= 0.6 is 0 Å². The second-order valence-electron chi connectivity index (χ2n) is 8.41. The molecule has 0 aliphatic heterocycles. The summed E-state index contributed by atoms with van der Waals surface area (Å²) in [6.07, 6.45) is 23.8. The molecular formula is C24H51Sn. The summed E-state index contributed by atoms with van der Waals surface area (Å²) in [4.78, 5) is 0. The first-order valence-corrected chi connectivity index (χ1v) is 18.2. The van der Waals surface area contributed by atoms with E-state index in [0.717, 1.165) is 5.92 Å². The van der Waals surface area contributed by atoms with Gasteiger partial charge in [0.2, 0.25) is 0 Å². The monoisotopic (exact) mass is 459 g/mol. The fourth-order valence-corrected chi connectivity index (χ4v) is 13.9. The fourth-order valence-electron chi connectivity index (χ4n) is 3.99. The molecule has 0 rings (SSSR count). The van der Waals surface area contributed by atoms with E-state index in [-0.39, 0.29) is 0 Å². The molecule has 0 aromatic rings. The van der Waals surface area contributed by atoms with Gasteiger partial charge in [-0.25, -0.2) is 0 Å². The Bertz CT molecular complexity index is 222. The third-order valence-corrected chi connectivity index (χ3v) is 15.2. The molecule has 1 unspecified atom stereocenters. The van der Waals surface area contributed by atoms with Crippen molar-refractivity contribution in [2.45, 2.75) is 144 Å². The van der Waals surface area contributed by atoms with Crippen LogP contribution < -0.4 is 0 Å². The Morgan fingerprint density at radius 1 is 0.520 bits per heavy atom. The maximum atomic E-state index is 2.45. The summed E-state index contributed by atoms with van der Waals surface area (Å²) < 4.78 is 5.15. The molecule has 0 saturated heterocycles. The van der Waals surface area contributed by atoms with E-state index in [1.165, 1.54) is 89.9 Å². The van der Waals surface area contributed by atoms with Crippen molar-refractivity contribution in [1.29, 1.82) is 0 Å². The average molecular weight is 458 g/mol. The zero-order valence-electron chi connectivity index (χ0n) is 18.5. The van der Waals surface area contributed by atoms with E-state index in [4.69, 9.17) is 0 Å². The first-order valence-electron chi connectivity index (χ1n) is 12.1. The molecule has 0 amide bonds. The van der Waals surface area contributed by atoms with Gasteiger partial charge in [-0.05, 0) is 0 Å². The van der Waals surface area contributed by atoms with Gasteiger partial charge in [0, 0.05) is 0 Å². The number of hydrogen-bond acceptors (Lipinski definition) is 0. The van der Waals surface area contributed by atoms with Gasteiger partial charge < -0.3 is 0 Å². The van der Waals surface area contributed by atoms with Gasteiger partial charge in [0.25, 0.3) is 0 Å². The topological polar surface area (TPSA) is 0 Å². The molecule has 0 N–H and O–H groups in total. The molecule has 1 atom stereocenters. The molecule has 0 nitrogen and oxygen atoms in total. The molecule has 151 valence electrons. The van der Waals surface area contributed by atoms with Crippen molar-refractivity contribution in [3.63, 3.8) is 0 Å². The van der Waals surface area contributed by atoms with Crippen molar-refractivity contribution in [2.24, 2.45) is 5.92 Å². The summed E-state index contributed by atoms with van der Waals surface area (Å²) in [7, 11) is 0. The van der Waals surface area contributed by atoms with Crippen molar-refractivity contribution in [3.05, 3.63) is 0 Å². The Morgan fingerprint density at radius 2 is 0.960 bits per heavy atom. The van der Waals surface area contributed by atoms with Gasteiger partial charge in [-0.2, -0.15) is 0 Å². The Morgan fingerprint density at radius 3 is 1.40 bits per heavy atom.